The van der Waals surface area contributed by atoms with Crippen LogP contribution in [0.1, 0.15) is 19.7 Å². The van der Waals surface area contributed by atoms with Gasteiger partial charge < -0.3 is 15.4 Å². The van der Waals surface area contributed by atoms with Gasteiger partial charge in [-0.3, -0.25) is 9.59 Å². The van der Waals surface area contributed by atoms with Crippen molar-refractivity contribution in [3.05, 3.63) is 22.2 Å². The van der Waals surface area contributed by atoms with Gasteiger partial charge in [0.05, 0.1) is 0 Å². The van der Waals surface area contributed by atoms with Gasteiger partial charge in [-0.2, -0.15) is 0 Å². The number of aliphatic carboxylic acids is 1. The van der Waals surface area contributed by atoms with E-state index in [-0.39, 0.29) is 11.3 Å². The van der Waals surface area contributed by atoms with Crippen LogP contribution in [0.3, 0.4) is 0 Å². The number of carbonyl (C=O) groups excluding carboxylic acids is 1. The fourth-order valence-electron chi connectivity index (χ4n) is 1.31. The zero-order valence-corrected chi connectivity index (χ0v) is 11.4. The number of carboxylic acid groups (broad SMARTS) is 1. The molecule has 1 rings (SSSR count). The largest absolute Gasteiger partial charge is 0.480 e. The lowest BCUT2D eigenvalue weighted by Crippen LogP contribution is -2.41. The Hall–Kier alpha value is -1.83. The summed E-state index contributed by atoms with van der Waals surface area (Å²) < 4.78 is 0. The summed E-state index contributed by atoms with van der Waals surface area (Å²) >= 11 is 1.12. The highest BCUT2D eigenvalue weighted by Crippen LogP contribution is 2.14. The van der Waals surface area contributed by atoms with Crippen LogP contribution in [0.5, 0.6) is 0 Å². The Balaban J connectivity index is 2.73. The van der Waals surface area contributed by atoms with Gasteiger partial charge >= 0.3 is 5.97 Å². The van der Waals surface area contributed by atoms with Crippen molar-refractivity contribution < 1.29 is 14.7 Å². The lowest BCUT2D eigenvalue weighted by atomic mass is 10.3. The normalized spacial score (nSPS) is 11.9. The molecule has 8 heteroatoms. The Morgan fingerprint density at radius 2 is 2.26 bits per heavy atom. The molecule has 0 spiro atoms. The molecule has 0 saturated carbocycles. The molecule has 1 aromatic heterocycles. The van der Waals surface area contributed by atoms with E-state index in [0.717, 1.165) is 11.8 Å². The van der Waals surface area contributed by atoms with Crippen LogP contribution < -0.4 is 10.9 Å². The highest BCUT2D eigenvalue weighted by atomic mass is 32.2. The van der Waals surface area contributed by atoms with Crippen molar-refractivity contribution in [1.82, 2.24) is 15.3 Å². The highest BCUT2D eigenvalue weighted by molar-refractivity contribution is 7.99. The van der Waals surface area contributed by atoms with Crippen LogP contribution in [-0.4, -0.2) is 38.7 Å². The summed E-state index contributed by atoms with van der Waals surface area (Å²) in [4.78, 5) is 39.9. The predicted molar refractivity (Wildman–Crippen MR) is 70.2 cm³/mol. The molecule has 0 aliphatic carbocycles. The topological polar surface area (TPSA) is 112 Å². The first kappa shape index (κ1) is 15.2. The first-order chi connectivity index (χ1) is 8.92. The van der Waals surface area contributed by atoms with E-state index in [1.54, 1.807) is 0 Å². The number of aryl methyl sites for hydroxylation is 1. The summed E-state index contributed by atoms with van der Waals surface area (Å²) in [5, 5.41) is 11.7. The number of amides is 1. The average molecular weight is 285 g/mol. The quantitative estimate of drug-likeness (QED) is 0.501. The number of rotatable bonds is 6. The Bertz CT molecular complexity index is 529. The smallest absolute Gasteiger partial charge is 0.327 e. The molecule has 3 N–H and O–H groups in total. The molecular weight excluding hydrogens is 270 g/mol. The summed E-state index contributed by atoms with van der Waals surface area (Å²) in [5.74, 6) is -0.889. The number of carboxylic acids is 1. The maximum atomic E-state index is 11.3. The molecule has 0 aromatic carbocycles. The lowest BCUT2D eigenvalue weighted by Gasteiger charge is -2.12. The van der Waals surface area contributed by atoms with Gasteiger partial charge in [0.15, 0.2) is 0 Å². The number of thioether (sulfide) groups is 1. The number of aromatic nitrogens is 2. The number of nitrogens with one attached hydrogen (secondary N) is 2. The molecule has 0 aliphatic rings. The van der Waals surface area contributed by atoms with Crippen molar-refractivity contribution >= 4 is 23.6 Å². The molecule has 1 unspecified atom stereocenters. The van der Waals surface area contributed by atoms with Crippen LogP contribution in [-0.2, 0) is 16.0 Å². The Labute approximate surface area is 113 Å². The second-order valence-electron chi connectivity index (χ2n) is 3.79. The van der Waals surface area contributed by atoms with Crippen molar-refractivity contribution in [3.8, 4) is 0 Å². The van der Waals surface area contributed by atoms with Gasteiger partial charge in [-0.1, -0.05) is 6.92 Å². The fraction of sp³-hybridized carbons (Fsp3) is 0.455. The minimum absolute atomic E-state index is 0.106. The fourth-order valence-corrected chi connectivity index (χ4v) is 2.24. The summed E-state index contributed by atoms with van der Waals surface area (Å²) in [6.07, 6.45) is 0.581. The SMILES string of the molecule is CCc1nc(SCC(NC(C)=O)C(=O)O)cc(=O)[nH]1. The number of carbonyl (C=O) groups is 2. The molecule has 1 heterocycles. The third kappa shape index (κ3) is 5.12. The zero-order valence-electron chi connectivity index (χ0n) is 10.6. The molecule has 0 fully saturated rings. The van der Waals surface area contributed by atoms with E-state index >= 15 is 0 Å². The first-order valence-corrected chi connectivity index (χ1v) is 6.64. The molecule has 19 heavy (non-hydrogen) atoms. The minimum Gasteiger partial charge on any atom is -0.480 e. The molecule has 0 radical (unpaired) electrons. The molecule has 7 nitrogen and oxygen atoms in total. The zero-order chi connectivity index (χ0) is 14.4. The Kier molecular flexibility index (Phi) is 5.56. The second kappa shape index (κ2) is 6.93. The van der Waals surface area contributed by atoms with Crippen LogP contribution >= 0.6 is 11.8 Å². The van der Waals surface area contributed by atoms with Crippen LogP contribution in [0.2, 0.25) is 0 Å². The van der Waals surface area contributed by atoms with E-state index in [1.807, 2.05) is 6.92 Å². The van der Waals surface area contributed by atoms with Gasteiger partial charge in [0.2, 0.25) is 5.91 Å². The van der Waals surface area contributed by atoms with Crippen LogP contribution in [0.25, 0.3) is 0 Å². The van der Waals surface area contributed by atoms with Crippen LogP contribution in [0, 0.1) is 0 Å². The standard InChI is InChI=1S/C11H15N3O4S/c1-3-8-13-9(16)4-10(14-8)19-5-7(11(17)18)12-6(2)15/h4,7H,3,5H2,1-2H3,(H,12,15)(H,17,18)(H,13,14,16). The number of hydrogen-bond donors (Lipinski definition) is 3. The minimum atomic E-state index is -1.12. The second-order valence-corrected chi connectivity index (χ2v) is 4.83. The van der Waals surface area contributed by atoms with Crippen molar-refractivity contribution in [2.45, 2.75) is 31.3 Å². The van der Waals surface area contributed by atoms with Crippen molar-refractivity contribution in [1.29, 1.82) is 0 Å². The summed E-state index contributed by atoms with van der Waals surface area (Å²) in [6.45, 7) is 3.10. The van der Waals surface area contributed by atoms with E-state index in [9.17, 15) is 14.4 Å². The molecular formula is C11H15N3O4S. The van der Waals surface area contributed by atoms with E-state index in [0.29, 0.717) is 17.3 Å². The van der Waals surface area contributed by atoms with Crippen molar-refractivity contribution in [2.24, 2.45) is 0 Å². The summed E-state index contributed by atoms with van der Waals surface area (Å²) in [7, 11) is 0. The number of hydrogen-bond acceptors (Lipinski definition) is 5. The van der Waals surface area contributed by atoms with E-state index < -0.39 is 17.9 Å². The van der Waals surface area contributed by atoms with Gasteiger partial charge in [-0.15, -0.1) is 11.8 Å². The molecule has 1 atom stereocenters. The predicted octanol–water partition coefficient (Wildman–Crippen LogP) is 0.0137. The number of nitrogens with zero attached hydrogens (tertiary/aromatic N) is 1. The molecule has 1 aromatic rings. The van der Waals surface area contributed by atoms with Crippen molar-refractivity contribution in [2.75, 3.05) is 5.75 Å². The molecule has 1 amide bonds. The van der Waals surface area contributed by atoms with E-state index in [1.165, 1.54) is 13.0 Å². The van der Waals surface area contributed by atoms with Gasteiger partial charge in [0, 0.05) is 25.2 Å². The lowest BCUT2D eigenvalue weighted by molar-refractivity contribution is -0.140. The maximum Gasteiger partial charge on any atom is 0.327 e. The highest BCUT2D eigenvalue weighted by Gasteiger charge is 2.18. The third-order valence-corrected chi connectivity index (χ3v) is 3.18. The number of H-pyrrole nitrogens is 1. The summed E-state index contributed by atoms with van der Waals surface area (Å²) in [5.41, 5.74) is -0.277. The third-order valence-electron chi connectivity index (χ3n) is 2.18. The van der Waals surface area contributed by atoms with E-state index in [2.05, 4.69) is 15.3 Å². The molecule has 0 saturated heterocycles. The van der Waals surface area contributed by atoms with Gasteiger partial charge in [-0.05, 0) is 0 Å². The first-order valence-electron chi connectivity index (χ1n) is 5.65. The van der Waals surface area contributed by atoms with Gasteiger partial charge in [-0.25, -0.2) is 9.78 Å². The molecule has 0 bridgehead atoms. The van der Waals surface area contributed by atoms with Gasteiger partial charge in [0.25, 0.3) is 5.56 Å². The average Bonchev–Trinajstić information content (AvgIpc) is 2.33. The monoisotopic (exact) mass is 285 g/mol. The van der Waals surface area contributed by atoms with Crippen molar-refractivity contribution in [3.63, 3.8) is 0 Å². The van der Waals surface area contributed by atoms with E-state index in [4.69, 9.17) is 5.11 Å². The summed E-state index contributed by atoms with van der Waals surface area (Å²) in [6, 6.07) is 0.296. The van der Waals surface area contributed by atoms with Crippen LogP contribution in [0.4, 0.5) is 0 Å². The molecule has 0 aliphatic heterocycles. The Morgan fingerprint density at radius 3 is 2.79 bits per heavy atom. The van der Waals surface area contributed by atoms with Crippen LogP contribution in [0.15, 0.2) is 15.9 Å². The Morgan fingerprint density at radius 1 is 1.58 bits per heavy atom. The number of aromatic amines is 1. The maximum absolute atomic E-state index is 11.3. The molecule has 104 valence electrons. The van der Waals surface area contributed by atoms with Gasteiger partial charge in [0.1, 0.15) is 16.9 Å².